The molecule has 4 rings (SSSR count). The van der Waals surface area contributed by atoms with E-state index in [2.05, 4.69) is 16.0 Å². The first-order valence-electron chi connectivity index (χ1n) is 8.71. The maximum atomic E-state index is 6.19. The van der Waals surface area contributed by atoms with Crippen LogP contribution in [-0.4, -0.2) is 41.3 Å². The van der Waals surface area contributed by atoms with Crippen molar-refractivity contribution in [1.82, 2.24) is 9.88 Å². The number of rotatable bonds is 5. The van der Waals surface area contributed by atoms with Crippen LogP contribution >= 0.6 is 0 Å². The smallest absolute Gasteiger partial charge is 0.118 e. The SMILES string of the molecule is Cc1ccc(CN2C[C@@H](OCc3cccnc3)[C@H]3OCCC[C@@H]32)o1. The first-order valence-corrected chi connectivity index (χ1v) is 8.71. The third kappa shape index (κ3) is 3.38. The maximum absolute atomic E-state index is 6.19. The molecule has 24 heavy (non-hydrogen) atoms. The second-order valence-electron chi connectivity index (χ2n) is 6.70. The molecule has 0 aromatic carbocycles. The van der Waals surface area contributed by atoms with Crippen molar-refractivity contribution in [3.8, 4) is 0 Å². The van der Waals surface area contributed by atoms with Gasteiger partial charge in [-0.15, -0.1) is 0 Å². The quantitative estimate of drug-likeness (QED) is 0.844. The minimum Gasteiger partial charge on any atom is -0.465 e. The molecule has 0 saturated carbocycles. The minimum absolute atomic E-state index is 0.103. The molecular formula is C19H24N2O3. The van der Waals surface area contributed by atoms with Crippen LogP contribution in [0.4, 0.5) is 0 Å². The van der Waals surface area contributed by atoms with Crippen LogP contribution in [0.1, 0.15) is 29.9 Å². The number of aryl methyl sites for hydroxylation is 1. The number of hydrogen-bond donors (Lipinski definition) is 0. The lowest BCUT2D eigenvalue weighted by atomic mass is 10.0. The van der Waals surface area contributed by atoms with E-state index in [0.717, 1.165) is 49.6 Å². The van der Waals surface area contributed by atoms with E-state index in [4.69, 9.17) is 13.9 Å². The lowest BCUT2D eigenvalue weighted by Gasteiger charge is -2.32. The van der Waals surface area contributed by atoms with E-state index in [9.17, 15) is 0 Å². The monoisotopic (exact) mass is 328 g/mol. The third-order valence-corrected chi connectivity index (χ3v) is 4.93. The van der Waals surface area contributed by atoms with E-state index in [0.29, 0.717) is 12.6 Å². The Morgan fingerprint density at radius 1 is 1.33 bits per heavy atom. The molecule has 2 fully saturated rings. The number of furan rings is 1. The Kier molecular flexibility index (Phi) is 4.65. The summed E-state index contributed by atoms with van der Waals surface area (Å²) in [5, 5.41) is 0. The lowest BCUT2D eigenvalue weighted by Crippen LogP contribution is -2.41. The molecule has 0 unspecified atom stereocenters. The first kappa shape index (κ1) is 15.8. The molecule has 0 radical (unpaired) electrons. The van der Waals surface area contributed by atoms with Gasteiger partial charge in [0.1, 0.15) is 17.6 Å². The molecule has 0 aliphatic carbocycles. The molecule has 3 atom stereocenters. The van der Waals surface area contributed by atoms with Gasteiger partial charge in [0.2, 0.25) is 0 Å². The number of ether oxygens (including phenoxy) is 2. The van der Waals surface area contributed by atoms with Crippen LogP contribution in [0.15, 0.2) is 41.1 Å². The number of pyridine rings is 1. The Bertz CT molecular complexity index is 658. The van der Waals surface area contributed by atoms with Crippen LogP contribution in [0.25, 0.3) is 0 Å². The summed E-state index contributed by atoms with van der Waals surface area (Å²) in [5.74, 6) is 1.98. The number of aromatic nitrogens is 1. The molecule has 2 saturated heterocycles. The molecule has 2 aromatic rings. The van der Waals surface area contributed by atoms with Crippen LogP contribution in [-0.2, 0) is 22.6 Å². The summed E-state index contributed by atoms with van der Waals surface area (Å²) in [6, 6.07) is 8.50. The average molecular weight is 328 g/mol. The van der Waals surface area contributed by atoms with Crippen molar-refractivity contribution < 1.29 is 13.9 Å². The average Bonchev–Trinajstić information content (AvgIpc) is 3.18. The van der Waals surface area contributed by atoms with Gasteiger partial charge in [0, 0.05) is 31.6 Å². The van der Waals surface area contributed by atoms with Gasteiger partial charge in [-0.1, -0.05) is 6.07 Å². The Morgan fingerprint density at radius 2 is 2.29 bits per heavy atom. The van der Waals surface area contributed by atoms with Crippen molar-refractivity contribution in [1.29, 1.82) is 0 Å². The summed E-state index contributed by atoms with van der Waals surface area (Å²) < 4.78 is 18.0. The van der Waals surface area contributed by atoms with Crippen molar-refractivity contribution in [2.24, 2.45) is 0 Å². The Labute approximate surface area is 142 Å². The minimum atomic E-state index is 0.103. The number of nitrogens with zero attached hydrogens (tertiary/aromatic N) is 2. The summed E-state index contributed by atoms with van der Waals surface area (Å²) in [4.78, 5) is 6.60. The Hall–Kier alpha value is -1.69. The van der Waals surface area contributed by atoms with Gasteiger partial charge >= 0.3 is 0 Å². The van der Waals surface area contributed by atoms with Gasteiger partial charge in [-0.3, -0.25) is 9.88 Å². The fourth-order valence-electron chi connectivity index (χ4n) is 3.79. The number of fused-ring (bicyclic) bond motifs is 1. The molecule has 0 spiro atoms. The highest BCUT2D eigenvalue weighted by Gasteiger charge is 2.44. The molecule has 128 valence electrons. The molecule has 2 aliphatic heterocycles. The second-order valence-corrected chi connectivity index (χ2v) is 6.70. The van der Waals surface area contributed by atoms with Gasteiger partial charge < -0.3 is 13.9 Å². The third-order valence-electron chi connectivity index (χ3n) is 4.93. The number of likely N-dealkylation sites (tertiary alicyclic amines) is 1. The fraction of sp³-hybridized carbons (Fsp3) is 0.526. The van der Waals surface area contributed by atoms with Crippen LogP contribution in [0.5, 0.6) is 0 Å². The molecule has 2 aromatic heterocycles. The maximum Gasteiger partial charge on any atom is 0.118 e. The number of hydrogen-bond acceptors (Lipinski definition) is 5. The van der Waals surface area contributed by atoms with Gasteiger partial charge in [0.15, 0.2) is 0 Å². The van der Waals surface area contributed by atoms with Crippen LogP contribution in [0.3, 0.4) is 0 Å². The molecule has 2 aliphatic rings. The van der Waals surface area contributed by atoms with Gasteiger partial charge in [-0.05, 0) is 43.5 Å². The topological polar surface area (TPSA) is 47.7 Å². The normalized spacial score (nSPS) is 27.3. The predicted molar refractivity (Wildman–Crippen MR) is 89.4 cm³/mol. The summed E-state index contributed by atoms with van der Waals surface area (Å²) in [6.45, 7) is 5.11. The highest BCUT2D eigenvalue weighted by atomic mass is 16.5. The second kappa shape index (κ2) is 7.05. The zero-order valence-electron chi connectivity index (χ0n) is 14.1. The van der Waals surface area contributed by atoms with Gasteiger partial charge in [-0.25, -0.2) is 0 Å². The molecule has 0 amide bonds. The van der Waals surface area contributed by atoms with Crippen molar-refractivity contribution in [2.45, 2.75) is 51.2 Å². The zero-order chi connectivity index (χ0) is 16.4. The standard InChI is InChI=1S/C19H24N2O3/c1-14-6-7-16(24-14)11-21-12-18(19-17(21)5-3-9-22-19)23-13-15-4-2-8-20-10-15/h2,4,6-8,10,17-19H,3,5,9,11-13H2,1H3/t17-,18+,19-/m0/s1. The molecular weight excluding hydrogens is 304 g/mol. The van der Waals surface area contributed by atoms with Crippen molar-refractivity contribution in [2.75, 3.05) is 13.2 Å². The summed E-state index contributed by atoms with van der Waals surface area (Å²) in [6.07, 6.45) is 6.18. The molecule has 0 bridgehead atoms. The summed E-state index contributed by atoms with van der Waals surface area (Å²) >= 11 is 0. The Balaban J connectivity index is 1.42. The highest BCUT2D eigenvalue weighted by molar-refractivity contribution is 5.09. The fourth-order valence-corrected chi connectivity index (χ4v) is 3.79. The first-order chi connectivity index (χ1) is 11.8. The van der Waals surface area contributed by atoms with Crippen LogP contribution < -0.4 is 0 Å². The van der Waals surface area contributed by atoms with E-state index >= 15 is 0 Å². The lowest BCUT2D eigenvalue weighted by molar-refractivity contribution is -0.0820. The van der Waals surface area contributed by atoms with Gasteiger partial charge in [-0.2, -0.15) is 0 Å². The van der Waals surface area contributed by atoms with E-state index < -0.39 is 0 Å². The Morgan fingerprint density at radius 3 is 3.08 bits per heavy atom. The van der Waals surface area contributed by atoms with Crippen molar-refractivity contribution in [3.05, 3.63) is 53.7 Å². The molecule has 5 nitrogen and oxygen atoms in total. The zero-order valence-corrected chi connectivity index (χ0v) is 14.1. The van der Waals surface area contributed by atoms with E-state index in [1.807, 2.05) is 31.3 Å². The molecule has 0 N–H and O–H groups in total. The summed E-state index contributed by atoms with van der Waals surface area (Å²) in [5.41, 5.74) is 1.10. The van der Waals surface area contributed by atoms with E-state index in [1.165, 1.54) is 0 Å². The van der Waals surface area contributed by atoms with E-state index in [-0.39, 0.29) is 12.2 Å². The van der Waals surface area contributed by atoms with Crippen molar-refractivity contribution >= 4 is 0 Å². The molecule has 4 heterocycles. The molecule has 5 heteroatoms. The highest BCUT2D eigenvalue weighted by Crippen LogP contribution is 2.32. The predicted octanol–water partition coefficient (Wildman–Crippen LogP) is 2.93. The largest absolute Gasteiger partial charge is 0.465 e. The summed E-state index contributed by atoms with van der Waals surface area (Å²) in [7, 11) is 0. The van der Waals surface area contributed by atoms with Crippen LogP contribution in [0, 0.1) is 6.92 Å². The van der Waals surface area contributed by atoms with Crippen molar-refractivity contribution in [3.63, 3.8) is 0 Å². The van der Waals surface area contributed by atoms with Gasteiger partial charge in [0.25, 0.3) is 0 Å². The van der Waals surface area contributed by atoms with Crippen LogP contribution in [0.2, 0.25) is 0 Å². The van der Waals surface area contributed by atoms with Gasteiger partial charge in [0.05, 0.1) is 19.3 Å². The van der Waals surface area contributed by atoms with E-state index in [1.54, 1.807) is 6.20 Å².